The summed E-state index contributed by atoms with van der Waals surface area (Å²) in [5, 5.41) is 8.28. The Kier molecular flexibility index (Phi) is 1.92. The van der Waals surface area contributed by atoms with Crippen LogP contribution in [0.2, 0.25) is 0 Å². The molecule has 1 saturated heterocycles. The van der Waals surface area contributed by atoms with E-state index < -0.39 is 11.5 Å². The maximum atomic E-state index is 10.8. The van der Waals surface area contributed by atoms with Gasteiger partial charge in [0, 0.05) is 6.61 Å². The molecule has 1 heterocycles. The standard InChI is InChI=1S/C6H11NO3/c1-6(5(8)7-9)3-2-4-10-6/h9H,2-4H2,1H3,(H,7,8). The van der Waals surface area contributed by atoms with Gasteiger partial charge in [-0.1, -0.05) is 0 Å². The van der Waals surface area contributed by atoms with E-state index in [1.54, 1.807) is 12.4 Å². The highest BCUT2D eigenvalue weighted by atomic mass is 16.5. The largest absolute Gasteiger partial charge is 0.365 e. The summed E-state index contributed by atoms with van der Waals surface area (Å²) in [4.78, 5) is 10.8. The van der Waals surface area contributed by atoms with E-state index in [4.69, 9.17) is 9.94 Å². The molecule has 0 aromatic heterocycles. The smallest absolute Gasteiger partial charge is 0.275 e. The van der Waals surface area contributed by atoms with Crippen LogP contribution in [0, 0.1) is 0 Å². The summed E-state index contributed by atoms with van der Waals surface area (Å²) < 4.78 is 5.12. The normalized spacial score (nSPS) is 32.2. The molecule has 4 heteroatoms. The number of rotatable bonds is 1. The Labute approximate surface area is 59.1 Å². The van der Waals surface area contributed by atoms with Crippen molar-refractivity contribution in [3.63, 3.8) is 0 Å². The highest BCUT2D eigenvalue weighted by molar-refractivity contribution is 5.83. The van der Waals surface area contributed by atoms with Crippen LogP contribution < -0.4 is 5.48 Å². The van der Waals surface area contributed by atoms with Gasteiger partial charge in [0.2, 0.25) is 0 Å². The van der Waals surface area contributed by atoms with Crippen molar-refractivity contribution in [2.24, 2.45) is 0 Å². The summed E-state index contributed by atoms with van der Waals surface area (Å²) in [6.07, 6.45) is 1.56. The summed E-state index contributed by atoms with van der Waals surface area (Å²) in [5.74, 6) is -0.454. The zero-order chi connectivity index (χ0) is 7.61. The minimum absolute atomic E-state index is 0.454. The first kappa shape index (κ1) is 7.50. The Balaban J connectivity index is 2.58. The van der Waals surface area contributed by atoms with Crippen LogP contribution in [0.25, 0.3) is 0 Å². The second kappa shape index (κ2) is 2.56. The molecule has 58 valence electrons. The molecule has 1 fully saturated rings. The van der Waals surface area contributed by atoms with Gasteiger partial charge in [0.1, 0.15) is 5.60 Å². The van der Waals surface area contributed by atoms with Crippen LogP contribution in [0.5, 0.6) is 0 Å². The molecule has 1 atom stereocenters. The van der Waals surface area contributed by atoms with Gasteiger partial charge in [-0.25, -0.2) is 5.48 Å². The van der Waals surface area contributed by atoms with Gasteiger partial charge in [-0.15, -0.1) is 0 Å². The topological polar surface area (TPSA) is 58.6 Å². The maximum absolute atomic E-state index is 10.8. The minimum Gasteiger partial charge on any atom is -0.365 e. The average molecular weight is 145 g/mol. The van der Waals surface area contributed by atoms with E-state index in [-0.39, 0.29) is 0 Å². The zero-order valence-corrected chi connectivity index (χ0v) is 5.89. The van der Waals surface area contributed by atoms with Gasteiger partial charge >= 0.3 is 0 Å². The molecule has 1 amide bonds. The van der Waals surface area contributed by atoms with E-state index in [1.807, 2.05) is 0 Å². The highest BCUT2D eigenvalue weighted by Crippen LogP contribution is 2.24. The van der Waals surface area contributed by atoms with Gasteiger partial charge in [0.05, 0.1) is 0 Å². The van der Waals surface area contributed by atoms with Crippen molar-refractivity contribution in [1.29, 1.82) is 0 Å². The number of ether oxygens (including phenoxy) is 1. The molecule has 10 heavy (non-hydrogen) atoms. The summed E-state index contributed by atoms with van der Waals surface area (Å²) in [5.41, 5.74) is 0.787. The molecule has 0 aliphatic carbocycles. The number of hydrogen-bond acceptors (Lipinski definition) is 3. The predicted molar refractivity (Wildman–Crippen MR) is 33.5 cm³/mol. The molecule has 1 aliphatic rings. The third kappa shape index (κ3) is 1.12. The fourth-order valence-corrected chi connectivity index (χ4v) is 1.08. The Bertz CT molecular complexity index is 140. The Hall–Kier alpha value is -0.610. The van der Waals surface area contributed by atoms with E-state index in [0.717, 1.165) is 6.42 Å². The van der Waals surface area contributed by atoms with Crippen LogP contribution in [0.4, 0.5) is 0 Å². The number of carbonyl (C=O) groups is 1. The molecule has 2 N–H and O–H groups in total. The second-order valence-corrected chi connectivity index (χ2v) is 2.62. The van der Waals surface area contributed by atoms with Crippen LogP contribution in [0.15, 0.2) is 0 Å². The average Bonchev–Trinajstić information content (AvgIpc) is 2.36. The first-order valence-corrected chi connectivity index (χ1v) is 3.27. The third-order valence-corrected chi connectivity index (χ3v) is 1.80. The maximum Gasteiger partial charge on any atom is 0.275 e. The number of hydrogen-bond donors (Lipinski definition) is 2. The monoisotopic (exact) mass is 145 g/mol. The van der Waals surface area contributed by atoms with E-state index in [9.17, 15) is 4.79 Å². The van der Waals surface area contributed by atoms with Crippen molar-refractivity contribution in [2.75, 3.05) is 6.61 Å². The lowest BCUT2D eigenvalue weighted by atomic mass is 10.0. The lowest BCUT2D eigenvalue weighted by Gasteiger charge is -2.19. The number of amides is 1. The molecule has 0 bridgehead atoms. The van der Waals surface area contributed by atoms with E-state index in [1.165, 1.54) is 0 Å². The third-order valence-electron chi connectivity index (χ3n) is 1.80. The van der Waals surface area contributed by atoms with Gasteiger partial charge in [0.25, 0.3) is 5.91 Å². The zero-order valence-electron chi connectivity index (χ0n) is 5.89. The first-order valence-electron chi connectivity index (χ1n) is 3.27. The second-order valence-electron chi connectivity index (χ2n) is 2.62. The van der Waals surface area contributed by atoms with Gasteiger partial charge in [-0.3, -0.25) is 10.0 Å². The summed E-state index contributed by atoms with van der Waals surface area (Å²) in [7, 11) is 0. The molecule has 0 aromatic carbocycles. The number of hydroxylamine groups is 1. The fourth-order valence-electron chi connectivity index (χ4n) is 1.08. The first-order chi connectivity index (χ1) is 4.69. The molecule has 1 aliphatic heterocycles. The molecule has 1 unspecified atom stereocenters. The molecule has 0 spiro atoms. The van der Waals surface area contributed by atoms with Crippen molar-refractivity contribution in [3.05, 3.63) is 0 Å². The van der Waals surface area contributed by atoms with Crippen LogP contribution >= 0.6 is 0 Å². The SMILES string of the molecule is CC1(C(=O)NO)CCCO1. The fraction of sp³-hybridized carbons (Fsp3) is 0.833. The summed E-state index contributed by atoms with van der Waals surface area (Å²) in [6, 6.07) is 0. The van der Waals surface area contributed by atoms with E-state index in [2.05, 4.69) is 0 Å². The number of nitrogens with one attached hydrogen (secondary N) is 1. The van der Waals surface area contributed by atoms with Crippen LogP contribution in [0.3, 0.4) is 0 Å². The molecule has 0 aromatic rings. The predicted octanol–water partition coefficient (Wildman–Crippen LogP) is 0.0609. The summed E-state index contributed by atoms with van der Waals surface area (Å²) >= 11 is 0. The van der Waals surface area contributed by atoms with Gasteiger partial charge < -0.3 is 4.74 Å². The minimum atomic E-state index is -0.797. The molecule has 1 rings (SSSR count). The van der Waals surface area contributed by atoms with E-state index in [0.29, 0.717) is 13.0 Å². The van der Waals surface area contributed by atoms with Gasteiger partial charge in [-0.05, 0) is 19.8 Å². The molecule has 4 nitrogen and oxygen atoms in total. The van der Waals surface area contributed by atoms with Crippen LogP contribution in [0.1, 0.15) is 19.8 Å². The molecule has 0 radical (unpaired) electrons. The van der Waals surface area contributed by atoms with Crippen molar-refractivity contribution in [2.45, 2.75) is 25.4 Å². The van der Waals surface area contributed by atoms with Gasteiger partial charge in [0.15, 0.2) is 0 Å². The number of carbonyl (C=O) groups excluding carboxylic acids is 1. The van der Waals surface area contributed by atoms with Gasteiger partial charge in [-0.2, -0.15) is 0 Å². The molecule has 0 saturated carbocycles. The Morgan fingerprint density at radius 3 is 2.90 bits per heavy atom. The molecular weight excluding hydrogens is 134 g/mol. The van der Waals surface area contributed by atoms with Crippen molar-refractivity contribution in [1.82, 2.24) is 5.48 Å². The lowest BCUT2D eigenvalue weighted by Crippen LogP contribution is -2.42. The quantitative estimate of drug-likeness (QED) is 0.405. The highest BCUT2D eigenvalue weighted by Gasteiger charge is 2.37. The lowest BCUT2D eigenvalue weighted by molar-refractivity contribution is -0.148. The van der Waals surface area contributed by atoms with Crippen LogP contribution in [-0.4, -0.2) is 23.3 Å². The molecular formula is C6H11NO3. The van der Waals surface area contributed by atoms with Crippen molar-refractivity contribution >= 4 is 5.91 Å². The van der Waals surface area contributed by atoms with Crippen molar-refractivity contribution < 1.29 is 14.7 Å². The summed E-state index contributed by atoms with van der Waals surface area (Å²) in [6.45, 7) is 2.27. The van der Waals surface area contributed by atoms with Crippen molar-refractivity contribution in [3.8, 4) is 0 Å². The Morgan fingerprint density at radius 1 is 1.80 bits per heavy atom. The van der Waals surface area contributed by atoms with Crippen LogP contribution in [-0.2, 0) is 9.53 Å². The Morgan fingerprint density at radius 2 is 2.50 bits per heavy atom. The van der Waals surface area contributed by atoms with E-state index >= 15 is 0 Å².